The van der Waals surface area contributed by atoms with E-state index in [0.29, 0.717) is 6.23 Å². The molecule has 0 N–H and O–H groups in total. The van der Waals surface area contributed by atoms with Crippen molar-refractivity contribution in [2.75, 3.05) is 6.23 Å². The van der Waals surface area contributed by atoms with E-state index < -0.39 is 0 Å². The summed E-state index contributed by atoms with van der Waals surface area (Å²) in [6.07, 6.45) is 1.50. The minimum atomic E-state index is -0.0486. The lowest BCUT2D eigenvalue weighted by Crippen LogP contribution is -2.14. The van der Waals surface area contributed by atoms with Crippen LogP contribution in [-0.2, 0) is 9.53 Å². The lowest BCUT2D eigenvalue weighted by molar-refractivity contribution is -0.145. The predicted molar refractivity (Wildman–Crippen MR) is 40.4 cm³/mol. The van der Waals surface area contributed by atoms with Crippen molar-refractivity contribution in [1.82, 2.24) is 0 Å². The summed E-state index contributed by atoms with van der Waals surface area (Å²) in [4.78, 5) is 10.8. The Bertz CT molecular complexity index is 93.1. The summed E-state index contributed by atoms with van der Waals surface area (Å²) in [6.45, 7) is 3.87. The van der Waals surface area contributed by atoms with Crippen molar-refractivity contribution >= 4 is 16.2 Å². The Morgan fingerprint density at radius 2 is 2.33 bits per heavy atom. The second kappa shape index (κ2) is 4.55. The van der Waals surface area contributed by atoms with E-state index in [9.17, 15) is 4.79 Å². The molecule has 0 rings (SSSR count). The third kappa shape index (κ3) is 3.29. The minimum absolute atomic E-state index is 0.0486. The van der Waals surface area contributed by atoms with Crippen molar-refractivity contribution in [2.45, 2.75) is 20.3 Å². The number of rotatable bonds is 3. The van der Waals surface area contributed by atoms with E-state index in [1.807, 2.05) is 13.8 Å². The molecule has 0 saturated carbocycles. The molecule has 0 aromatic heterocycles. The fourth-order valence-corrected chi connectivity index (χ4v) is 0.736. The van der Waals surface area contributed by atoms with Crippen LogP contribution in [0.3, 0.4) is 0 Å². The molecule has 0 aromatic rings. The lowest BCUT2D eigenvalue weighted by atomic mass is 10.1. The van der Waals surface area contributed by atoms with Crippen LogP contribution in [0.1, 0.15) is 20.3 Å². The molecule has 54 valence electrons. The molecule has 9 heavy (non-hydrogen) atoms. The van der Waals surface area contributed by atoms with Gasteiger partial charge in [0.2, 0.25) is 0 Å². The van der Waals surface area contributed by atoms with E-state index >= 15 is 0 Å². The maximum atomic E-state index is 10.8. The van der Waals surface area contributed by atoms with Crippen molar-refractivity contribution in [1.29, 1.82) is 0 Å². The quantitative estimate of drug-likeness (QED) is 0.410. The molecule has 0 spiro atoms. The second-order valence-electron chi connectivity index (χ2n) is 2.06. The predicted octanol–water partition coefficient (Wildman–Crippen LogP) is -0.101. The van der Waals surface area contributed by atoms with Crippen LogP contribution in [0.15, 0.2) is 0 Å². The van der Waals surface area contributed by atoms with Crippen LogP contribution >= 0.6 is 0 Å². The van der Waals surface area contributed by atoms with Gasteiger partial charge in [-0.25, -0.2) is 0 Å². The first-order valence-corrected chi connectivity index (χ1v) is 4.80. The van der Waals surface area contributed by atoms with Gasteiger partial charge < -0.3 is 4.74 Å². The van der Waals surface area contributed by atoms with E-state index in [4.69, 9.17) is 4.74 Å². The largest absolute Gasteiger partial charge is 0.470 e. The van der Waals surface area contributed by atoms with Crippen LogP contribution in [0.5, 0.6) is 0 Å². The minimum Gasteiger partial charge on any atom is -0.470 e. The Morgan fingerprint density at radius 1 is 1.78 bits per heavy atom. The molecule has 1 atom stereocenters. The van der Waals surface area contributed by atoms with Crippen LogP contribution in [0.4, 0.5) is 0 Å². The summed E-state index contributed by atoms with van der Waals surface area (Å²) in [6, 6.07) is 0. The summed E-state index contributed by atoms with van der Waals surface area (Å²) in [5, 5.41) is 0. The van der Waals surface area contributed by atoms with Gasteiger partial charge in [0.25, 0.3) is 0 Å². The number of carbonyl (C=O) groups is 1. The van der Waals surface area contributed by atoms with Gasteiger partial charge in [-0.2, -0.15) is 0 Å². The summed E-state index contributed by atoms with van der Waals surface area (Å²) < 4.78 is 4.82. The highest BCUT2D eigenvalue weighted by Crippen LogP contribution is 2.01. The molecule has 1 unspecified atom stereocenters. The molecule has 0 amide bonds. The molecule has 0 aliphatic carbocycles. The van der Waals surface area contributed by atoms with Crippen LogP contribution < -0.4 is 0 Å². The molecule has 0 aliphatic heterocycles. The van der Waals surface area contributed by atoms with Crippen molar-refractivity contribution in [2.24, 2.45) is 5.92 Å². The molecule has 0 radical (unpaired) electrons. The molecule has 0 fully saturated rings. The van der Waals surface area contributed by atoms with Gasteiger partial charge in [-0.3, -0.25) is 4.79 Å². The molecule has 0 saturated heterocycles. The molecule has 0 aromatic carbocycles. The maximum absolute atomic E-state index is 10.8. The number of esters is 1. The maximum Gasteiger partial charge on any atom is 0.308 e. The highest BCUT2D eigenvalue weighted by atomic mass is 28.1. The fraction of sp³-hybridized carbons (Fsp3) is 0.833. The van der Waals surface area contributed by atoms with Crippen molar-refractivity contribution < 1.29 is 9.53 Å². The molecule has 0 aliphatic rings. The third-order valence-electron chi connectivity index (χ3n) is 1.30. The summed E-state index contributed by atoms with van der Waals surface area (Å²) >= 11 is 0. The zero-order valence-electron chi connectivity index (χ0n) is 6.31. The van der Waals surface area contributed by atoms with Gasteiger partial charge in [0.1, 0.15) is 0 Å². The van der Waals surface area contributed by atoms with Crippen LogP contribution in [0.25, 0.3) is 0 Å². The smallest absolute Gasteiger partial charge is 0.308 e. The average molecular weight is 146 g/mol. The summed E-state index contributed by atoms with van der Waals surface area (Å²) in [5.74, 6) is 0.0338. The second-order valence-corrected chi connectivity index (χ2v) is 2.64. The number of carbonyl (C=O) groups excluding carboxylic acids is 1. The summed E-state index contributed by atoms with van der Waals surface area (Å²) in [5.41, 5.74) is 0. The van der Waals surface area contributed by atoms with Crippen LogP contribution in [0.2, 0.25) is 0 Å². The molecular formula is C6H14O2Si. The first-order valence-electron chi connectivity index (χ1n) is 3.39. The Hall–Kier alpha value is -0.313. The van der Waals surface area contributed by atoms with Gasteiger partial charge in [-0.05, 0) is 6.42 Å². The molecule has 2 nitrogen and oxygen atoms in total. The highest BCUT2D eigenvalue weighted by molar-refractivity contribution is 6.08. The first-order chi connectivity index (χ1) is 4.22. The average Bonchev–Trinajstić information content (AvgIpc) is 1.87. The van der Waals surface area contributed by atoms with Crippen molar-refractivity contribution in [3.05, 3.63) is 0 Å². The SMILES string of the molecule is CCC(C)C(=O)OC[SiH3]. The molecule has 3 heteroatoms. The van der Waals surface area contributed by atoms with Gasteiger partial charge in [0, 0.05) is 0 Å². The zero-order valence-corrected chi connectivity index (χ0v) is 8.31. The normalized spacial score (nSPS) is 13.1. The monoisotopic (exact) mass is 146 g/mol. The van der Waals surface area contributed by atoms with Crippen LogP contribution in [0, 0.1) is 5.92 Å². The van der Waals surface area contributed by atoms with E-state index in [2.05, 4.69) is 0 Å². The molecule has 0 bridgehead atoms. The fourth-order valence-electron chi connectivity index (χ4n) is 0.451. The number of hydrogen-bond acceptors (Lipinski definition) is 2. The Kier molecular flexibility index (Phi) is 4.40. The molecular weight excluding hydrogens is 132 g/mol. The Labute approximate surface area is 59.0 Å². The van der Waals surface area contributed by atoms with Gasteiger partial charge in [-0.1, -0.05) is 13.8 Å². The van der Waals surface area contributed by atoms with Gasteiger partial charge in [0.15, 0.2) is 0 Å². The van der Waals surface area contributed by atoms with Gasteiger partial charge in [-0.15, -0.1) is 0 Å². The van der Waals surface area contributed by atoms with Crippen LogP contribution in [-0.4, -0.2) is 22.4 Å². The Balaban J connectivity index is 3.46. The number of ether oxygens (including phenoxy) is 1. The van der Waals surface area contributed by atoms with Gasteiger partial charge >= 0.3 is 5.97 Å². The van der Waals surface area contributed by atoms with E-state index in [1.54, 1.807) is 0 Å². The standard InChI is InChI=1S/C6H14O2Si/c1-3-5(2)6(7)8-4-9/h5H,3-4H2,1-2,9H3. The van der Waals surface area contributed by atoms with E-state index in [1.165, 1.54) is 0 Å². The highest BCUT2D eigenvalue weighted by Gasteiger charge is 2.09. The number of hydrogen-bond donors (Lipinski definition) is 0. The Morgan fingerprint density at radius 3 is 2.67 bits per heavy atom. The van der Waals surface area contributed by atoms with E-state index in [0.717, 1.165) is 16.7 Å². The third-order valence-corrected chi connectivity index (χ3v) is 1.59. The molecule has 0 heterocycles. The van der Waals surface area contributed by atoms with Gasteiger partial charge in [0.05, 0.1) is 22.4 Å². The van der Waals surface area contributed by atoms with E-state index in [-0.39, 0.29) is 11.9 Å². The lowest BCUT2D eigenvalue weighted by Gasteiger charge is -2.05. The zero-order chi connectivity index (χ0) is 7.28. The van der Waals surface area contributed by atoms with Crippen molar-refractivity contribution in [3.8, 4) is 0 Å². The topological polar surface area (TPSA) is 26.3 Å². The first kappa shape index (κ1) is 8.69. The summed E-state index contributed by atoms with van der Waals surface area (Å²) in [7, 11) is 0.942. The van der Waals surface area contributed by atoms with Crippen molar-refractivity contribution in [3.63, 3.8) is 0 Å².